The number of hydrogen-bond acceptors (Lipinski definition) is 4. The van der Waals surface area contributed by atoms with Gasteiger partial charge < -0.3 is 9.73 Å². The summed E-state index contributed by atoms with van der Waals surface area (Å²) in [5.41, 5.74) is 0.795. The van der Waals surface area contributed by atoms with Gasteiger partial charge in [0.25, 0.3) is 0 Å². The molecule has 0 aliphatic carbocycles. The van der Waals surface area contributed by atoms with E-state index in [0.717, 1.165) is 12.1 Å². The Morgan fingerprint density at radius 2 is 2.29 bits per heavy atom. The third-order valence-corrected chi connectivity index (χ3v) is 3.81. The summed E-state index contributed by atoms with van der Waals surface area (Å²) in [6.45, 7) is 4.90. The molecule has 1 N–H and O–H groups in total. The van der Waals surface area contributed by atoms with Crippen LogP contribution in [-0.4, -0.2) is 11.5 Å². The van der Waals surface area contributed by atoms with E-state index in [1.165, 1.54) is 11.3 Å². The van der Waals surface area contributed by atoms with Crippen LogP contribution in [0.15, 0.2) is 16.7 Å². The fourth-order valence-electron chi connectivity index (χ4n) is 1.51. The number of thiophene rings is 1. The molecule has 0 radical (unpaired) electrons. The number of aromatic nitrogens is 1. The summed E-state index contributed by atoms with van der Waals surface area (Å²) in [6.07, 6.45) is 1.67. The molecule has 0 saturated heterocycles. The van der Waals surface area contributed by atoms with Crippen molar-refractivity contribution in [2.24, 2.45) is 0 Å². The molecule has 0 saturated carbocycles. The minimum Gasteiger partial charge on any atom is -0.439 e. The Kier molecular flexibility index (Phi) is 4.09. The normalized spacial score (nSPS) is 12.9. The zero-order chi connectivity index (χ0) is 12.4. The summed E-state index contributed by atoms with van der Waals surface area (Å²) in [5, 5.41) is 3.23. The van der Waals surface area contributed by atoms with Crippen LogP contribution in [0.25, 0.3) is 11.3 Å². The molecule has 92 valence electrons. The maximum atomic E-state index is 6.06. The number of nitrogens with one attached hydrogen (secondary N) is 1. The van der Waals surface area contributed by atoms with Gasteiger partial charge in [-0.05, 0) is 19.5 Å². The summed E-state index contributed by atoms with van der Waals surface area (Å²) in [4.78, 5) is 4.24. The standard InChI is InChI=1S/C11H12Cl2N2OS/c1-3-14-6(2)11-15-5-8(16-11)7-4-9(12)17-10(7)13/h4-6,14H,3H2,1-2H3. The largest absolute Gasteiger partial charge is 0.439 e. The van der Waals surface area contributed by atoms with Crippen molar-refractivity contribution in [1.29, 1.82) is 0 Å². The molecule has 17 heavy (non-hydrogen) atoms. The first kappa shape index (κ1) is 12.9. The van der Waals surface area contributed by atoms with Crippen molar-refractivity contribution in [1.82, 2.24) is 10.3 Å². The molecule has 6 heteroatoms. The molecule has 0 amide bonds. The van der Waals surface area contributed by atoms with Crippen LogP contribution in [0.3, 0.4) is 0 Å². The van der Waals surface area contributed by atoms with Gasteiger partial charge in [-0.3, -0.25) is 0 Å². The number of hydrogen-bond donors (Lipinski definition) is 1. The van der Waals surface area contributed by atoms with Crippen LogP contribution in [0.4, 0.5) is 0 Å². The predicted molar refractivity (Wildman–Crippen MR) is 71.9 cm³/mol. The van der Waals surface area contributed by atoms with E-state index in [9.17, 15) is 0 Å². The monoisotopic (exact) mass is 290 g/mol. The summed E-state index contributed by atoms with van der Waals surface area (Å²) in [7, 11) is 0. The van der Waals surface area contributed by atoms with Crippen molar-refractivity contribution in [3.05, 3.63) is 26.8 Å². The average Bonchev–Trinajstić information content (AvgIpc) is 2.85. The van der Waals surface area contributed by atoms with Crippen LogP contribution >= 0.6 is 34.5 Å². The summed E-state index contributed by atoms with van der Waals surface area (Å²) in [6, 6.07) is 1.87. The first-order valence-electron chi connectivity index (χ1n) is 5.26. The lowest BCUT2D eigenvalue weighted by molar-refractivity contribution is 0.429. The smallest absolute Gasteiger partial charge is 0.211 e. The molecule has 2 aromatic heterocycles. The van der Waals surface area contributed by atoms with Gasteiger partial charge >= 0.3 is 0 Å². The Bertz CT molecular complexity index is 509. The van der Waals surface area contributed by atoms with Crippen molar-refractivity contribution < 1.29 is 4.42 Å². The molecule has 2 rings (SSSR count). The van der Waals surface area contributed by atoms with Gasteiger partial charge in [0.1, 0.15) is 4.34 Å². The molecule has 0 spiro atoms. The van der Waals surface area contributed by atoms with E-state index >= 15 is 0 Å². The van der Waals surface area contributed by atoms with E-state index in [1.54, 1.807) is 12.3 Å². The topological polar surface area (TPSA) is 38.1 Å². The minimum atomic E-state index is 0.0848. The van der Waals surface area contributed by atoms with Gasteiger partial charge in [0, 0.05) is 5.56 Å². The van der Waals surface area contributed by atoms with E-state index in [1.807, 2.05) is 13.8 Å². The molecule has 0 fully saturated rings. The van der Waals surface area contributed by atoms with E-state index in [2.05, 4.69) is 10.3 Å². The van der Waals surface area contributed by atoms with Gasteiger partial charge in [-0.2, -0.15) is 0 Å². The van der Waals surface area contributed by atoms with Crippen LogP contribution in [0.1, 0.15) is 25.8 Å². The summed E-state index contributed by atoms with van der Waals surface area (Å²) >= 11 is 13.3. The van der Waals surface area contributed by atoms with Gasteiger partial charge in [-0.1, -0.05) is 30.1 Å². The third-order valence-electron chi connectivity index (χ3n) is 2.33. The molecule has 0 aliphatic rings. The Balaban J connectivity index is 2.26. The lowest BCUT2D eigenvalue weighted by Crippen LogP contribution is -2.17. The van der Waals surface area contributed by atoms with Crippen molar-refractivity contribution in [2.45, 2.75) is 19.9 Å². The van der Waals surface area contributed by atoms with E-state index in [-0.39, 0.29) is 6.04 Å². The molecule has 1 unspecified atom stereocenters. The van der Waals surface area contributed by atoms with Gasteiger partial charge in [0.2, 0.25) is 5.89 Å². The van der Waals surface area contributed by atoms with Crippen LogP contribution in [0.2, 0.25) is 8.67 Å². The van der Waals surface area contributed by atoms with Crippen LogP contribution < -0.4 is 5.32 Å². The maximum Gasteiger partial charge on any atom is 0.211 e. The Morgan fingerprint density at radius 3 is 2.88 bits per heavy atom. The Labute approximate surface area is 114 Å². The van der Waals surface area contributed by atoms with Crippen molar-refractivity contribution in [3.63, 3.8) is 0 Å². The maximum absolute atomic E-state index is 6.06. The molecule has 0 aliphatic heterocycles. The molecule has 2 heterocycles. The highest BCUT2D eigenvalue weighted by molar-refractivity contribution is 7.20. The van der Waals surface area contributed by atoms with Gasteiger partial charge in [0.15, 0.2) is 5.76 Å². The second-order valence-electron chi connectivity index (χ2n) is 3.58. The zero-order valence-corrected chi connectivity index (χ0v) is 11.8. The molecular weight excluding hydrogens is 279 g/mol. The second-order valence-corrected chi connectivity index (χ2v) is 5.87. The van der Waals surface area contributed by atoms with Gasteiger partial charge in [-0.15, -0.1) is 11.3 Å². The number of oxazole rings is 1. The van der Waals surface area contributed by atoms with E-state index in [0.29, 0.717) is 20.3 Å². The van der Waals surface area contributed by atoms with Crippen molar-refractivity contribution >= 4 is 34.5 Å². The van der Waals surface area contributed by atoms with Crippen LogP contribution in [0, 0.1) is 0 Å². The fourth-order valence-corrected chi connectivity index (χ4v) is 2.99. The molecule has 0 bridgehead atoms. The SMILES string of the molecule is CCNC(C)c1ncc(-c2cc(Cl)sc2Cl)o1. The lowest BCUT2D eigenvalue weighted by atomic mass is 10.3. The predicted octanol–water partition coefficient (Wildman–Crippen LogP) is 4.38. The van der Waals surface area contributed by atoms with E-state index < -0.39 is 0 Å². The van der Waals surface area contributed by atoms with Gasteiger partial charge in [-0.25, -0.2) is 4.98 Å². The summed E-state index contributed by atoms with van der Waals surface area (Å²) in [5.74, 6) is 1.30. The molecular formula is C11H12Cl2N2OS. The lowest BCUT2D eigenvalue weighted by Gasteiger charge is -2.06. The zero-order valence-electron chi connectivity index (χ0n) is 9.46. The highest BCUT2D eigenvalue weighted by Crippen LogP contribution is 2.38. The fraction of sp³-hybridized carbons (Fsp3) is 0.364. The number of rotatable bonds is 4. The average molecular weight is 291 g/mol. The number of nitrogens with zero attached hydrogens (tertiary/aromatic N) is 1. The van der Waals surface area contributed by atoms with Crippen molar-refractivity contribution in [3.8, 4) is 11.3 Å². The Hall–Kier alpha value is -0.550. The van der Waals surface area contributed by atoms with Crippen molar-refractivity contribution in [2.75, 3.05) is 6.54 Å². The molecule has 1 atom stereocenters. The Morgan fingerprint density at radius 1 is 1.53 bits per heavy atom. The third kappa shape index (κ3) is 2.83. The van der Waals surface area contributed by atoms with Crippen LogP contribution in [-0.2, 0) is 0 Å². The quantitative estimate of drug-likeness (QED) is 0.908. The number of halogens is 2. The van der Waals surface area contributed by atoms with Gasteiger partial charge in [0.05, 0.1) is 16.6 Å². The summed E-state index contributed by atoms with van der Waals surface area (Å²) < 4.78 is 6.93. The van der Waals surface area contributed by atoms with Crippen LogP contribution in [0.5, 0.6) is 0 Å². The highest BCUT2D eigenvalue weighted by atomic mass is 35.5. The van der Waals surface area contributed by atoms with E-state index in [4.69, 9.17) is 27.6 Å². The first-order valence-corrected chi connectivity index (χ1v) is 6.83. The molecule has 3 nitrogen and oxygen atoms in total. The first-order chi connectivity index (χ1) is 8.11. The molecule has 2 aromatic rings. The second kappa shape index (κ2) is 5.40. The molecule has 0 aromatic carbocycles. The highest BCUT2D eigenvalue weighted by Gasteiger charge is 2.16. The minimum absolute atomic E-state index is 0.0848.